The van der Waals surface area contributed by atoms with Crippen LogP contribution in [0.3, 0.4) is 0 Å². The Morgan fingerprint density at radius 3 is 3.07 bits per heavy atom. The number of likely N-dealkylation sites (N-methyl/N-ethyl adjacent to an activating group) is 1. The molecule has 2 aromatic rings. The van der Waals surface area contributed by atoms with E-state index < -0.39 is 0 Å². The van der Waals surface area contributed by atoms with Crippen molar-refractivity contribution in [3.63, 3.8) is 0 Å². The molecule has 14 heavy (non-hydrogen) atoms. The van der Waals surface area contributed by atoms with Crippen molar-refractivity contribution in [2.75, 3.05) is 13.6 Å². The maximum Gasteiger partial charge on any atom is 0.0356 e. The second-order valence-corrected chi connectivity index (χ2v) is 4.99. The summed E-state index contributed by atoms with van der Waals surface area (Å²) in [7, 11) is 1.99. The smallest absolute Gasteiger partial charge is 0.0356 e. The lowest BCUT2D eigenvalue weighted by Crippen LogP contribution is -2.09. The third-order valence-corrected chi connectivity index (χ3v) is 3.93. The summed E-state index contributed by atoms with van der Waals surface area (Å²) in [6, 6.07) is 6.37. The maximum absolute atomic E-state index is 3.61. The van der Waals surface area contributed by atoms with Gasteiger partial charge in [0.15, 0.2) is 0 Å². The maximum atomic E-state index is 3.61. The van der Waals surface area contributed by atoms with Crippen molar-refractivity contribution in [2.45, 2.75) is 6.42 Å². The zero-order chi connectivity index (χ0) is 9.97. The Morgan fingerprint density at radius 2 is 2.29 bits per heavy atom. The zero-order valence-corrected chi connectivity index (χ0v) is 10.4. The van der Waals surface area contributed by atoms with Crippen molar-refractivity contribution in [3.8, 4) is 0 Å². The molecule has 0 unspecified atom stereocenters. The molecule has 0 saturated heterocycles. The molecule has 74 valence electrons. The average molecular weight is 270 g/mol. The van der Waals surface area contributed by atoms with Crippen molar-refractivity contribution in [3.05, 3.63) is 33.6 Å². The van der Waals surface area contributed by atoms with Crippen molar-refractivity contribution < 1.29 is 0 Å². The molecule has 0 spiro atoms. The summed E-state index contributed by atoms with van der Waals surface area (Å²) in [4.78, 5) is 0. The van der Waals surface area contributed by atoms with Crippen LogP contribution in [0.1, 0.15) is 5.56 Å². The molecule has 0 aliphatic carbocycles. The summed E-state index contributed by atoms with van der Waals surface area (Å²) < 4.78 is 2.58. The molecule has 0 bridgehead atoms. The van der Waals surface area contributed by atoms with Crippen LogP contribution in [0.4, 0.5) is 0 Å². The molecule has 1 aromatic carbocycles. The first-order valence-electron chi connectivity index (χ1n) is 4.62. The Bertz CT molecular complexity index is 436. The largest absolute Gasteiger partial charge is 0.319 e. The predicted octanol–water partition coefficient (Wildman–Crippen LogP) is 3.43. The van der Waals surface area contributed by atoms with Gasteiger partial charge >= 0.3 is 0 Å². The Hall–Kier alpha value is -0.380. The van der Waals surface area contributed by atoms with E-state index in [4.69, 9.17) is 0 Å². The van der Waals surface area contributed by atoms with Crippen LogP contribution >= 0.6 is 27.3 Å². The molecule has 0 aliphatic rings. The summed E-state index contributed by atoms with van der Waals surface area (Å²) in [5, 5.41) is 6.82. The fourth-order valence-corrected chi connectivity index (χ4v) is 3.32. The molecule has 0 atom stereocenters. The van der Waals surface area contributed by atoms with Gasteiger partial charge in [-0.25, -0.2) is 0 Å². The summed E-state index contributed by atoms with van der Waals surface area (Å²) in [6.45, 7) is 1.03. The SMILES string of the molecule is CNCCc1csc2cccc(Br)c12. The number of benzene rings is 1. The number of halogens is 1. The van der Waals surface area contributed by atoms with Gasteiger partial charge in [0.1, 0.15) is 0 Å². The molecule has 0 fully saturated rings. The van der Waals surface area contributed by atoms with E-state index in [0.29, 0.717) is 0 Å². The Labute approximate surface area is 96.3 Å². The van der Waals surface area contributed by atoms with Crippen molar-refractivity contribution in [2.24, 2.45) is 0 Å². The fraction of sp³-hybridized carbons (Fsp3) is 0.273. The van der Waals surface area contributed by atoms with Gasteiger partial charge in [-0.05, 0) is 43.1 Å². The molecule has 1 heterocycles. The van der Waals surface area contributed by atoms with E-state index in [1.165, 1.54) is 20.1 Å². The molecule has 1 N–H and O–H groups in total. The minimum Gasteiger partial charge on any atom is -0.319 e. The van der Waals surface area contributed by atoms with E-state index in [-0.39, 0.29) is 0 Å². The van der Waals surface area contributed by atoms with Crippen LogP contribution in [0.15, 0.2) is 28.1 Å². The second kappa shape index (κ2) is 4.43. The van der Waals surface area contributed by atoms with Gasteiger partial charge in [-0.2, -0.15) is 0 Å². The van der Waals surface area contributed by atoms with Crippen LogP contribution in [0.5, 0.6) is 0 Å². The van der Waals surface area contributed by atoms with E-state index in [1.54, 1.807) is 0 Å². The molecule has 1 aromatic heterocycles. The molecule has 2 rings (SSSR count). The molecular weight excluding hydrogens is 258 g/mol. The number of hydrogen-bond acceptors (Lipinski definition) is 2. The van der Waals surface area contributed by atoms with Gasteiger partial charge < -0.3 is 5.32 Å². The standard InChI is InChI=1S/C11H12BrNS/c1-13-6-5-8-7-14-10-4-2-3-9(12)11(8)10/h2-4,7,13H,5-6H2,1H3. The van der Waals surface area contributed by atoms with E-state index in [9.17, 15) is 0 Å². The number of thiophene rings is 1. The number of hydrogen-bond donors (Lipinski definition) is 1. The van der Waals surface area contributed by atoms with Crippen LogP contribution in [0.2, 0.25) is 0 Å². The predicted molar refractivity (Wildman–Crippen MR) is 67.2 cm³/mol. The lowest BCUT2D eigenvalue weighted by atomic mass is 10.1. The average Bonchev–Trinajstić information content (AvgIpc) is 2.59. The second-order valence-electron chi connectivity index (χ2n) is 3.23. The summed E-state index contributed by atoms with van der Waals surface area (Å²) in [5.74, 6) is 0. The quantitative estimate of drug-likeness (QED) is 0.901. The summed E-state index contributed by atoms with van der Waals surface area (Å²) in [6.07, 6.45) is 1.10. The number of rotatable bonds is 3. The van der Waals surface area contributed by atoms with Gasteiger partial charge in [-0.3, -0.25) is 0 Å². The van der Waals surface area contributed by atoms with E-state index in [1.807, 2.05) is 18.4 Å². The monoisotopic (exact) mass is 269 g/mol. The molecule has 0 aliphatic heterocycles. The first-order chi connectivity index (χ1) is 6.83. The third-order valence-electron chi connectivity index (χ3n) is 2.27. The highest BCUT2D eigenvalue weighted by molar-refractivity contribution is 9.10. The van der Waals surface area contributed by atoms with Gasteiger partial charge in [-0.15, -0.1) is 11.3 Å². The lowest BCUT2D eigenvalue weighted by Gasteiger charge is -2.00. The molecule has 1 nitrogen and oxygen atoms in total. The molecule has 0 radical (unpaired) electrons. The lowest BCUT2D eigenvalue weighted by molar-refractivity contribution is 0.796. The molecule has 0 amide bonds. The van der Waals surface area contributed by atoms with Gasteiger partial charge in [0.2, 0.25) is 0 Å². The fourth-order valence-electron chi connectivity index (χ4n) is 1.55. The highest BCUT2D eigenvalue weighted by atomic mass is 79.9. The number of fused-ring (bicyclic) bond motifs is 1. The Kier molecular flexibility index (Phi) is 3.21. The van der Waals surface area contributed by atoms with E-state index >= 15 is 0 Å². The molecular formula is C11H12BrNS. The normalized spacial score (nSPS) is 11.0. The summed E-state index contributed by atoms with van der Waals surface area (Å²) in [5.41, 5.74) is 1.44. The van der Waals surface area contributed by atoms with Gasteiger partial charge in [-0.1, -0.05) is 22.0 Å². The van der Waals surface area contributed by atoms with Crippen LogP contribution in [0, 0.1) is 0 Å². The van der Waals surface area contributed by atoms with Crippen molar-refractivity contribution >= 4 is 37.4 Å². The molecule has 3 heteroatoms. The van der Waals surface area contributed by atoms with E-state index in [2.05, 4.69) is 44.8 Å². The van der Waals surface area contributed by atoms with Crippen molar-refractivity contribution in [1.82, 2.24) is 5.32 Å². The van der Waals surface area contributed by atoms with Crippen LogP contribution in [-0.2, 0) is 6.42 Å². The highest BCUT2D eigenvalue weighted by Gasteiger charge is 2.06. The topological polar surface area (TPSA) is 12.0 Å². The minimum absolute atomic E-state index is 1.03. The van der Waals surface area contributed by atoms with E-state index in [0.717, 1.165) is 13.0 Å². The first kappa shape index (κ1) is 10.1. The minimum atomic E-state index is 1.03. The number of nitrogens with one attached hydrogen (secondary N) is 1. The molecule has 0 saturated carbocycles. The first-order valence-corrected chi connectivity index (χ1v) is 6.29. The van der Waals surface area contributed by atoms with Crippen LogP contribution in [0.25, 0.3) is 10.1 Å². The van der Waals surface area contributed by atoms with Gasteiger partial charge in [0, 0.05) is 14.6 Å². The zero-order valence-electron chi connectivity index (χ0n) is 8.01. The van der Waals surface area contributed by atoms with Crippen LogP contribution in [-0.4, -0.2) is 13.6 Å². The van der Waals surface area contributed by atoms with Crippen molar-refractivity contribution in [1.29, 1.82) is 0 Å². The van der Waals surface area contributed by atoms with Crippen LogP contribution < -0.4 is 5.32 Å². The Balaban J connectivity index is 2.45. The van der Waals surface area contributed by atoms with Gasteiger partial charge in [0.25, 0.3) is 0 Å². The van der Waals surface area contributed by atoms with Gasteiger partial charge in [0.05, 0.1) is 0 Å². The Morgan fingerprint density at radius 1 is 1.43 bits per heavy atom. The summed E-state index contributed by atoms with van der Waals surface area (Å²) >= 11 is 5.43. The highest BCUT2D eigenvalue weighted by Crippen LogP contribution is 2.32. The third kappa shape index (κ3) is 1.85.